The molecule has 7 nitrogen and oxygen atoms in total. The number of carbonyl (C=O) groups excluding carboxylic acids is 1. The maximum atomic E-state index is 12.9. The number of aromatic amines is 1. The lowest BCUT2D eigenvalue weighted by Crippen LogP contribution is -2.46. The van der Waals surface area contributed by atoms with Gasteiger partial charge in [0.2, 0.25) is 0 Å². The predicted octanol–water partition coefficient (Wildman–Crippen LogP) is 2.53. The van der Waals surface area contributed by atoms with E-state index in [2.05, 4.69) is 21.7 Å². The van der Waals surface area contributed by atoms with Gasteiger partial charge in [-0.1, -0.05) is 43.3 Å². The average molecular weight is 449 g/mol. The van der Waals surface area contributed by atoms with Gasteiger partial charge in [0.25, 0.3) is 5.56 Å². The third kappa shape index (κ3) is 5.67. The minimum atomic E-state index is -0.445. The average Bonchev–Trinajstić information content (AvgIpc) is 2.84. The number of piperazine rings is 1. The van der Waals surface area contributed by atoms with Gasteiger partial charge in [0, 0.05) is 44.7 Å². The molecule has 0 unspecified atom stereocenters. The normalized spacial score (nSPS) is 15.2. The quantitative estimate of drug-likeness (QED) is 0.509. The first-order valence-corrected chi connectivity index (χ1v) is 11.8. The Morgan fingerprint density at radius 3 is 2.39 bits per heavy atom. The monoisotopic (exact) mass is 448 g/mol. The van der Waals surface area contributed by atoms with Crippen LogP contribution in [0.15, 0.2) is 58.1 Å². The van der Waals surface area contributed by atoms with Crippen LogP contribution in [0.25, 0.3) is 10.9 Å². The molecule has 2 aromatic carbocycles. The summed E-state index contributed by atoms with van der Waals surface area (Å²) in [6.07, 6.45) is 1.86. The minimum Gasteiger partial charge on any atom is -0.307 e. The van der Waals surface area contributed by atoms with Gasteiger partial charge in [0.15, 0.2) is 5.78 Å². The zero-order chi connectivity index (χ0) is 23.2. The summed E-state index contributed by atoms with van der Waals surface area (Å²) in [5, 5.41) is 0.424. The lowest BCUT2D eigenvalue weighted by Gasteiger charge is -2.33. The second kappa shape index (κ2) is 10.7. The Labute approximate surface area is 193 Å². The van der Waals surface area contributed by atoms with Crippen LogP contribution in [0, 0.1) is 0 Å². The Bertz CT molecular complexity index is 1210. The van der Waals surface area contributed by atoms with Crippen LogP contribution in [-0.4, -0.2) is 64.4 Å². The molecule has 3 aromatic rings. The number of nitrogens with zero attached hydrogens (tertiary/aromatic N) is 3. The molecular formula is C26H32N4O3. The van der Waals surface area contributed by atoms with Crippen molar-refractivity contribution in [2.45, 2.75) is 32.7 Å². The number of benzene rings is 2. The Kier molecular flexibility index (Phi) is 7.52. The molecule has 0 radical (unpaired) electrons. The zero-order valence-corrected chi connectivity index (χ0v) is 19.3. The fourth-order valence-electron chi connectivity index (χ4n) is 4.45. The summed E-state index contributed by atoms with van der Waals surface area (Å²) in [7, 11) is 0. The molecule has 0 atom stereocenters. The van der Waals surface area contributed by atoms with Crippen LogP contribution in [0.1, 0.15) is 35.7 Å². The standard InChI is InChI=1S/C26H32N4O3/c1-2-28-15-17-29(18-16-28)13-6-9-24(31)21-10-11-22-23(19-21)27-26(33)30(25(22)32)14-12-20-7-4-3-5-8-20/h3-5,7-8,10-11,19H,2,6,9,12-18H2,1H3,(H,27,33). The fraction of sp³-hybridized carbons (Fsp3) is 0.423. The maximum Gasteiger partial charge on any atom is 0.328 e. The Balaban J connectivity index is 1.39. The number of hydrogen-bond donors (Lipinski definition) is 1. The predicted molar refractivity (Wildman–Crippen MR) is 131 cm³/mol. The van der Waals surface area contributed by atoms with E-state index in [4.69, 9.17) is 0 Å². The molecule has 33 heavy (non-hydrogen) atoms. The number of aromatic nitrogens is 2. The second-order valence-corrected chi connectivity index (χ2v) is 8.69. The van der Waals surface area contributed by atoms with Crippen molar-refractivity contribution in [3.8, 4) is 0 Å². The van der Waals surface area contributed by atoms with Crippen LogP contribution in [0.5, 0.6) is 0 Å². The van der Waals surface area contributed by atoms with E-state index in [1.807, 2.05) is 30.3 Å². The molecule has 1 fully saturated rings. The van der Waals surface area contributed by atoms with E-state index in [-0.39, 0.29) is 11.3 Å². The maximum absolute atomic E-state index is 12.9. The van der Waals surface area contributed by atoms with E-state index < -0.39 is 5.69 Å². The van der Waals surface area contributed by atoms with E-state index >= 15 is 0 Å². The van der Waals surface area contributed by atoms with Crippen molar-refractivity contribution >= 4 is 16.7 Å². The molecule has 1 aliphatic rings. The van der Waals surface area contributed by atoms with Crippen LogP contribution in [-0.2, 0) is 13.0 Å². The van der Waals surface area contributed by atoms with Gasteiger partial charge in [-0.2, -0.15) is 0 Å². The third-order valence-corrected chi connectivity index (χ3v) is 6.56. The first-order chi connectivity index (χ1) is 16.0. The number of fused-ring (bicyclic) bond motifs is 1. The van der Waals surface area contributed by atoms with Crippen molar-refractivity contribution in [2.75, 3.05) is 39.3 Å². The fourth-order valence-corrected chi connectivity index (χ4v) is 4.45. The Morgan fingerprint density at radius 1 is 0.939 bits per heavy atom. The number of ketones is 1. The van der Waals surface area contributed by atoms with Gasteiger partial charge in [-0.05, 0) is 43.6 Å². The highest BCUT2D eigenvalue weighted by molar-refractivity contribution is 5.99. The largest absolute Gasteiger partial charge is 0.328 e. The van der Waals surface area contributed by atoms with Crippen molar-refractivity contribution in [3.63, 3.8) is 0 Å². The van der Waals surface area contributed by atoms with Gasteiger partial charge in [0.05, 0.1) is 10.9 Å². The van der Waals surface area contributed by atoms with Crippen molar-refractivity contribution in [1.82, 2.24) is 19.4 Å². The zero-order valence-electron chi connectivity index (χ0n) is 19.3. The van der Waals surface area contributed by atoms with E-state index in [0.717, 1.165) is 51.3 Å². The van der Waals surface area contributed by atoms with Gasteiger partial charge in [0.1, 0.15) is 0 Å². The number of hydrogen-bond acceptors (Lipinski definition) is 5. The highest BCUT2D eigenvalue weighted by Gasteiger charge is 2.16. The highest BCUT2D eigenvalue weighted by atomic mass is 16.2. The summed E-state index contributed by atoms with van der Waals surface area (Å²) in [6, 6.07) is 14.8. The van der Waals surface area contributed by atoms with Crippen LogP contribution in [0.2, 0.25) is 0 Å². The molecule has 1 saturated heterocycles. The number of H-pyrrole nitrogens is 1. The molecule has 4 rings (SSSR count). The molecule has 0 saturated carbocycles. The lowest BCUT2D eigenvalue weighted by atomic mass is 10.0. The van der Waals surface area contributed by atoms with Crippen LogP contribution < -0.4 is 11.2 Å². The number of rotatable bonds is 9. The van der Waals surface area contributed by atoms with Crippen molar-refractivity contribution in [1.29, 1.82) is 0 Å². The molecule has 0 spiro atoms. The van der Waals surface area contributed by atoms with E-state index in [0.29, 0.717) is 35.9 Å². The number of aryl methyl sites for hydroxylation is 1. The summed E-state index contributed by atoms with van der Waals surface area (Å²) in [4.78, 5) is 45.8. The molecule has 174 valence electrons. The molecule has 7 heteroatoms. The summed E-state index contributed by atoms with van der Waals surface area (Å²) in [6.45, 7) is 8.78. The van der Waals surface area contributed by atoms with Gasteiger partial charge >= 0.3 is 5.69 Å². The van der Waals surface area contributed by atoms with Gasteiger partial charge < -0.3 is 14.8 Å². The summed E-state index contributed by atoms with van der Waals surface area (Å²) >= 11 is 0. The first kappa shape index (κ1) is 23.1. The highest BCUT2D eigenvalue weighted by Crippen LogP contribution is 2.13. The molecule has 0 amide bonds. The van der Waals surface area contributed by atoms with Gasteiger partial charge in [-0.3, -0.25) is 14.2 Å². The van der Waals surface area contributed by atoms with Gasteiger partial charge in [-0.15, -0.1) is 0 Å². The van der Waals surface area contributed by atoms with Crippen LogP contribution in [0.4, 0.5) is 0 Å². The molecule has 1 N–H and O–H groups in total. The molecular weight excluding hydrogens is 416 g/mol. The molecule has 0 aliphatic carbocycles. The van der Waals surface area contributed by atoms with Crippen molar-refractivity contribution in [2.24, 2.45) is 0 Å². The second-order valence-electron chi connectivity index (χ2n) is 8.69. The number of carbonyl (C=O) groups is 1. The summed E-state index contributed by atoms with van der Waals surface area (Å²) in [5.74, 6) is 0.0400. The number of nitrogens with one attached hydrogen (secondary N) is 1. The van der Waals surface area contributed by atoms with E-state index in [9.17, 15) is 14.4 Å². The smallest absolute Gasteiger partial charge is 0.307 e. The summed E-state index contributed by atoms with van der Waals surface area (Å²) < 4.78 is 1.23. The molecule has 0 bridgehead atoms. The van der Waals surface area contributed by atoms with Crippen LogP contribution >= 0.6 is 0 Å². The minimum absolute atomic E-state index is 0.0400. The van der Waals surface area contributed by atoms with E-state index in [1.165, 1.54) is 4.57 Å². The molecule has 1 aliphatic heterocycles. The number of likely N-dealkylation sites (N-methyl/N-ethyl adjacent to an activating group) is 1. The van der Waals surface area contributed by atoms with Crippen molar-refractivity contribution in [3.05, 3.63) is 80.5 Å². The molecule has 2 heterocycles. The topological polar surface area (TPSA) is 78.4 Å². The Morgan fingerprint density at radius 2 is 1.67 bits per heavy atom. The lowest BCUT2D eigenvalue weighted by molar-refractivity contribution is 0.0963. The van der Waals surface area contributed by atoms with Crippen molar-refractivity contribution < 1.29 is 4.79 Å². The van der Waals surface area contributed by atoms with Gasteiger partial charge in [-0.25, -0.2) is 4.79 Å². The third-order valence-electron chi connectivity index (χ3n) is 6.56. The SMILES string of the molecule is CCN1CCN(CCCC(=O)c2ccc3c(=O)n(CCc4ccccc4)c(=O)[nH]c3c2)CC1. The van der Waals surface area contributed by atoms with Crippen LogP contribution in [0.3, 0.4) is 0 Å². The first-order valence-electron chi connectivity index (χ1n) is 11.8. The van der Waals surface area contributed by atoms with E-state index in [1.54, 1.807) is 18.2 Å². The Hall–Kier alpha value is -3.03. The number of Topliss-reactive ketones (excluding diaryl/α,β-unsaturated/α-hetero) is 1. The summed E-state index contributed by atoms with van der Waals surface area (Å²) in [5.41, 5.74) is 1.25. The molecule has 1 aromatic heterocycles.